The number of amides is 1. The zero-order valence-electron chi connectivity index (χ0n) is 19.9. The average Bonchev–Trinajstić information content (AvgIpc) is 3.51. The van der Waals surface area contributed by atoms with Crippen LogP contribution in [0, 0.1) is 0 Å². The van der Waals surface area contributed by atoms with Crippen LogP contribution in [0.2, 0.25) is 5.02 Å². The smallest absolute Gasteiger partial charge is 0.223 e. The van der Waals surface area contributed by atoms with E-state index in [1.165, 1.54) is 12.8 Å². The number of rotatable bonds is 5. The second-order valence-corrected chi connectivity index (χ2v) is 10.3. The first kappa shape index (κ1) is 22.3. The van der Waals surface area contributed by atoms with E-state index in [1.54, 1.807) is 23.7 Å². The van der Waals surface area contributed by atoms with Gasteiger partial charge in [0.1, 0.15) is 11.3 Å². The number of H-pyrrole nitrogens is 1. The summed E-state index contributed by atoms with van der Waals surface area (Å²) >= 11 is 6.86. The zero-order valence-corrected chi connectivity index (χ0v) is 20.7. The summed E-state index contributed by atoms with van der Waals surface area (Å²) in [7, 11) is 3.51. The standard InChI is InChI=1S/C25H29ClN8O/c1-32(2)22(35)7-8-33-13-19-20(31-33)6-5-17(23(19)26)18-11-29-25-24(18)28-12-21(30-25)34-15-3-4-16(34)10-14(27)9-15/h5-6,11-16H,3-4,7-10,27H2,1-2H3,(H,29,30)/t14-,15+,16-. The number of carbonyl (C=O) groups excluding carboxylic acids is 1. The minimum absolute atomic E-state index is 0.0634. The van der Waals surface area contributed by atoms with Crippen LogP contribution in [0.3, 0.4) is 0 Å². The molecular weight excluding hydrogens is 464 g/mol. The van der Waals surface area contributed by atoms with Crippen LogP contribution in [-0.4, -0.2) is 67.8 Å². The summed E-state index contributed by atoms with van der Waals surface area (Å²) < 4.78 is 1.78. The van der Waals surface area contributed by atoms with E-state index in [2.05, 4.69) is 15.0 Å². The molecular formula is C25H29ClN8O. The second-order valence-electron chi connectivity index (χ2n) is 9.94. The van der Waals surface area contributed by atoms with E-state index in [1.807, 2.05) is 30.7 Å². The maximum atomic E-state index is 11.9. The number of aromatic amines is 1. The fourth-order valence-corrected chi connectivity index (χ4v) is 5.99. The minimum atomic E-state index is 0.0634. The van der Waals surface area contributed by atoms with Crippen molar-refractivity contribution >= 4 is 45.4 Å². The topological polar surface area (TPSA) is 109 Å². The third-order valence-electron chi connectivity index (χ3n) is 7.42. The molecule has 3 aromatic heterocycles. The molecule has 0 spiro atoms. The highest BCUT2D eigenvalue weighted by molar-refractivity contribution is 6.38. The molecule has 2 aliphatic rings. The van der Waals surface area contributed by atoms with Gasteiger partial charge in [0.25, 0.3) is 0 Å². The van der Waals surface area contributed by atoms with Crippen molar-refractivity contribution < 1.29 is 4.79 Å². The molecule has 10 heteroatoms. The lowest BCUT2D eigenvalue weighted by molar-refractivity contribution is -0.128. The average molecular weight is 493 g/mol. The van der Waals surface area contributed by atoms with E-state index >= 15 is 0 Å². The van der Waals surface area contributed by atoms with Crippen molar-refractivity contribution in [1.29, 1.82) is 0 Å². The van der Waals surface area contributed by atoms with E-state index in [-0.39, 0.29) is 11.9 Å². The molecule has 2 bridgehead atoms. The lowest BCUT2D eigenvalue weighted by atomic mass is 9.98. The largest absolute Gasteiger partial charge is 0.349 e. The van der Waals surface area contributed by atoms with Gasteiger partial charge in [0.15, 0.2) is 5.65 Å². The van der Waals surface area contributed by atoms with Crippen LogP contribution >= 0.6 is 11.6 Å². The molecule has 5 heterocycles. The van der Waals surface area contributed by atoms with Gasteiger partial charge >= 0.3 is 0 Å². The normalized spacial score (nSPS) is 21.8. The van der Waals surface area contributed by atoms with Crippen LogP contribution in [0.1, 0.15) is 32.1 Å². The van der Waals surface area contributed by atoms with Gasteiger partial charge < -0.3 is 20.5 Å². The maximum Gasteiger partial charge on any atom is 0.223 e. The van der Waals surface area contributed by atoms with Crippen molar-refractivity contribution in [2.75, 3.05) is 19.0 Å². The Kier molecular flexibility index (Phi) is 5.41. The van der Waals surface area contributed by atoms with Crippen LogP contribution < -0.4 is 10.6 Å². The third-order valence-corrected chi connectivity index (χ3v) is 7.82. The number of benzene rings is 1. The second kappa shape index (κ2) is 8.49. The Morgan fingerprint density at radius 1 is 1.23 bits per heavy atom. The number of nitrogens with zero attached hydrogens (tertiary/aromatic N) is 6. The SMILES string of the molecule is CN(C)C(=O)CCn1cc2c(Cl)c(-c3c[nH]c4nc(N5[C@@H]6CC[C@H]5C[C@@H](N)C6)cnc34)ccc2n1. The molecule has 0 radical (unpaired) electrons. The molecule has 0 aliphatic carbocycles. The van der Waals surface area contributed by atoms with Crippen LogP contribution in [0.25, 0.3) is 33.2 Å². The molecule has 4 aromatic rings. The number of piperidine rings is 1. The van der Waals surface area contributed by atoms with Crippen LogP contribution in [0.15, 0.2) is 30.7 Å². The van der Waals surface area contributed by atoms with Crippen molar-refractivity contribution in [3.05, 3.63) is 35.7 Å². The minimum Gasteiger partial charge on any atom is -0.349 e. The Morgan fingerprint density at radius 3 is 2.74 bits per heavy atom. The molecule has 3 atom stereocenters. The van der Waals surface area contributed by atoms with Gasteiger partial charge in [-0.05, 0) is 31.7 Å². The fourth-order valence-electron chi connectivity index (χ4n) is 5.67. The number of nitrogens with one attached hydrogen (secondary N) is 1. The van der Waals surface area contributed by atoms with E-state index in [4.69, 9.17) is 27.3 Å². The summed E-state index contributed by atoms with van der Waals surface area (Å²) in [5.74, 6) is 0.980. The van der Waals surface area contributed by atoms with Crippen molar-refractivity contribution in [2.24, 2.45) is 5.73 Å². The highest BCUT2D eigenvalue weighted by Gasteiger charge is 2.40. The summed E-state index contributed by atoms with van der Waals surface area (Å²) in [6.07, 6.45) is 10.4. The Bertz CT molecular complexity index is 1410. The summed E-state index contributed by atoms with van der Waals surface area (Å²) in [5, 5.41) is 6.05. The van der Waals surface area contributed by atoms with E-state index in [9.17, 15) is 4.79 Å². The Balaban J connectivity index is 1.31. The van der Waals surface area contributed by atoms with Gasteiger partial charge in [-0.1, -0.05) is 17.7 Å². The van der Waals surface area contributed by atoms with Crippen LogP contribution in [0.4, 0.5) is 5.82 Å². The molecule has 182 valence electrons. The Labute approximate surface area is 208 Å². The number of hydrogen-bond donors (Lipinski definition) is 2. The zero-order chi connectivity index (χ0) is 24.3. The van der Waals surface area contributed by atoms with Gasteiger partial charge in [-0.3, -0.25) is 9.48 Å². The lowest BCUT2D eigenvalue weighted by Gasteiger charge is -2.38. The molecule has 2 aliphatic heterocycles. The predicted molar refractivity (Wildman–Crippen MR) is 137 cm³/mol. The fraction of sp³-hybridized carbons (Fsp3) is 0.440. The number of aryl methyl sites for hydroxylation is 1. The number of halogens is 1. The summed E-state index contributed by atoms with van der Waals surface area (Å²) in [5.41, 5.74) is 10.4. The third kappa shape index (κ3) is 3.83. The number of fused-ring (bicyclic) bond motifs is 4. The first-order chi connectivity index (χ1) is 16.9. The number of aromatic nitrogens is 5. The van der Waals surface area contributed by atoms with E-state index in [0.717, 1.165) is 51.9 Å². The molecule has 2 fully saturated rings. The van der Waals surface area contributed by atoms with E-state index < -0.39 is 0 Å². The first-order valence-corrected chi connectivity index (χ1v) is 12.5. The first-order valence-electron chi connectivity index (χ1n) is 12.1. The molecule has 1 aromatic carbocycles. The highest BCUT2D eigenvalue weighted by Crippen LogP contribution is 2.40. The van der Waals surface area contributed by atoms with Crippen LogP contribution in [-0.2, 0) is 11.3 Å². The number of anilines is 1. The Morgan fingerprint density at radius 2 is 2.00 bits per heavy atom. The molecule has 0 unspecified atom stereocenters. The molecule has 3 N–H and O–H groups in total. The lowest BCUT2D eigenvalue weighted by Crippen LogP contribution is -2.47. The molecule has 0 saturated carbocycles. The Hall–Kier alpha value is -3.17. The predicted octanol–water partition coefficient (Wildman–Crippen LogP) is 3.56. The summed E-state index contributed by atoms with van der Waals surface area (Å²) in [6, 6.07) is 5.11. The van der Waals surface area contributed by atoms with Gasteiger partial charge in [-0.2, -0.15) is 5.10 Å². The van der Waals surface area contributed by atoms with Gasteiger partial charge in [-0.25, -0.2) is 9.97 Å². The molecule has 9 nitrogen and oxygen atoms in total. The molecule has 35 heavy (non-hydrogen) atoms. The van der Waals surface area contributed by atoms with Gasteiger partial charge in [0.2, 0.25) is 5.91 Å². The quantitative estimate of drug-likeness (QED) is 0.441. The molecule has 6 rings (SSSR count). The monoisotopic (exact) mass is 492 g/mol. The molecule has 2 saturated heterocycles. The van der Waals surface area contributed by atoms with Gasteiger partial charge in [0, 0.05) is 74.1 Å². The maximum absolute atomic E-state index is 11.9. The van der Waals surface area contributed by atoms with E-state index in [0.29, 0.717) is 30.1 Å². The van der Waals surface area contributed by atoms with Crippen molar-refractivity contribution in [3.8, 4) is 11.1 Å². The number of carbonyl (C=O) groups is 1. The van der Waals surface area contributed by atoms with Crippen molar-refractivity contribution in [3.63, 3.8) is 0 Å². The number of nitrogens with two attached hydrogens (primary N) is 1. The number of hydrogen-bond acceptors (Lipinski definition) is 6. The van der Waals surface area contributed by atoms with Gasteiger partial charge in [0.05, 0.1) is 16.7 Å². The van der Waals surface area contributed by atoms with Crippen molar-refractivity contribution in [1.82, 2.24) is 29.6 Å². The van der Waals surface area contributed by atoms with Crippen LogP contribution in [0.5, 0.6) is 0 Å². The van der Waals surface area contributed by atoms with Gasteiger partial charge in [-0.15, -0.1) is 0 Å². The summed E-state index contributed by atoms with van der Waals surface area (Å²) in [4.78, 5) is 29.0. The summed E-state index contributed by atoms with van der Waals surface area (Å²) in [6.45, 7) is 0.502. The molecule has 1 amide bonds. The highest BCUT2D eigenvalue weighted by atomic mass is 35.5. The van der Waals surface area contributed by atoms with Crippen molar-refractivity contribution in [2.45, 2.75) is 56.8 Å².